The molecule has 0 bridgehead atoms. The Hall–Kier alpha value is -2.65. The molecule has 116 valence electrons. The maximum absolute atomic E-state index is 11.9. The summed E-state index contributed by atoms with van der Waals surface area (Å²) in [7, 11) is 0. The monoisotopic (exact) mass is 300 g/mol. The molecule has 0 aliphatic rings. The molecule has 0 fully saturated rings. The van der Waals surface area contributed by atoms with Gasteiger partial charge in [0.25, 0.3) is 0 Å². The molecular formula is C16H20N4O2. The molecule has 0 aromatic heterocycles. The molecule has 22 heavy (non-hydrogen) atoms. The van der Waals surface area contributed by atoms with Crippen molar-refractivity contribution in [1.82, 2.24) is 16.0 Å². The van der Waals surface area contributed by atoms with Gasteiger partial charge in [0.15, 0.2) is 0 Å². The molecule has 0 saturated carbocycles. The summed E-state index contributed by atoms with van der Waals surface area (Å²) in [6, 6.07) is 7.98. The van der Waals surface area contributed by atoms with Crippen LogP contribution in [0.15, 0.2) is 36.9 Å². The van der Waals surface area contributed by atoms with E-state index >= 15 is 0 Å². The quantitative estimate of drug-likeness (QED) is 0.696. The highest BCUT2D eigenvalue weighted by atomic mass is 16.2. The van der Waals surface area contributed by atoms with Crippen LogP contribution in [-0.4, -0.2) is 24.5 Å². The summed E-state index contributed by atoms with van der Waals surface area (Å²) < 4.78 is 0. The first-order valence-corrected chi connectivity index (χ1v) is 6.93. The molecule has 0 spiro atoms. The fourth-order valence-electron chi connectivity index (χ4n) is 1.82. The van der Waals surface area contributed by atoms with Crippen LogP contribution in [0.2, 0.25) is 0 Å². The summed E-state index contributed by atoms with van der Waals surface area (Å²) in [5.74, 6) is -0.415. The number of nitrogens with zero attached hydrogens (tertiary/aromatic N) is 1. The molecule has 0 aliphatic heterocycles. The molecule has 3 amide bonds. The van der Waals surface area contributed by atoms with E-state index in [0.29, 0.717) is 12.1 Å². The second-order valence-electron chi connectivity index (χ2n) is 4.83. The molecular weight excluding hydrogens is 280 g/mol. The van der Waals surface area contributed by atoms with Crippen LogP contribution >= 0.6 is 0 Å². The number of nitriles is 1. The van der Waals surface area contributed by atoms with Crippen molar-refractivity contribution in [2.75, 3.05) is 6.54 Å². The van der Waals surface area contributed by atoms with Crippen molar-refractivity contribution in [2.45, 2.75) is 25.9 Å². The minimum absolute atomic E-state index is 0.0928. The average Bonchev–Trinajstić information content (AvgIpc) is 2.52. The van der Waals surface area contributed by atoms with Gasteiger partial charge in [0.1, 0.15) is 0 Å². The fraction of sp³-hybridized carbons (Fsp3) is 0.312. The number of imide groups is 1. The Balaban J connectivity index is 2.53. The average molecular weight is 300 g/mol. The number of carbonyl (C=O) groups excluding carboxylic acids is 2. The molecule has 2 atom stereocenters. The Morgan fingerprint density at radius 2 is 1.95 bits per heavy atom. The van der Waals surface area contributed by atoms with E-state index in [-0.39, 0.29) is 6.04 Å². The third kappa shape index (κ3) is 5.38. The van der Waals surface area contributed by atoms with Gasteiger partial charge in [0.05, 0.1) is 17.7 Å². The van der Waals surface area contributed by atoms with Gasteiger partial charge >= 0.3 is 6.03 Å². The molecule has 0 aliphatic carbocycles. The van der Waals surface area contributed by atoms with Gasteiger partial charge in [-0.2, -0.15) is 5.26 Å². The Labute approximate surface area is 130 Å². The normalized spacial score (nSPS) is 12.6. The maximum atomic E-state index is 11.9. The lowest BCUT2D eigenvalue weighted by molar-refractivity contribution is -0.121. The third-order valence-electron chi connectivity index (χ3n) is 3.08. The number of benzene rings is 1. The molecule has 0 heterocycles. The van der Waals surface area contributed by atoms with Crippen molar-refractivity contribution in [3.8, 4) is 6.07 Å². The first-order valence-electron chi connectivity index (χ1n) is 6.93. The number of urea groups is 1. The highest BCUT2D eigenvalue weighted by molar-refractivity contribution is 5.96. The fourth-order valence-corrected chi connectivity index (χ4v) is 1.82. The van der Waals surface area contributed by atoms with Crippen molar-refractivity contribution in [3.05, 3.63) is 48.0 Å². The topological polar surface area (TPSA) is 94.0 Å². The Morgan fingerprint density at radius 3 is 2.50 bits per heavy atom. The van der Waals surface area contributed by atoms with E-state index in [2.05, 4.69) is 28.6 Å². The van der Waals surface area contributed by atoms with E-state index < -0.39 is 18.0 Å². The number of amides is 3. The summed E-state index contributed by atoms with van der Waals surface area (Å²) in [5, 5.41) is 16.6. The van der Waals surface area contributed by atoms with Crippen LogP contribution in [-0.2, 0) is 4.79 Å². The first-order chi connectivity index (χ1) is 10.5. The van der Waals surface area contributed by atoms with Gasteiger partial charge in [0, 0.05) is 12.6 Å². The molecule has 0 saturated heterocycles. The second-order valence-corrected chi connectivity index (χ2v) is 4.83. The van der Waals surface area contributed by atoms with Crippen molar-refractivity contribution < 1.29 is 9.59 Å². The predicted molar refractivity (Wildman–Crippen MR) is 83.9 cm³/mol. The number of carbonyl (C=O) groups is 2. The maximum Gasteiger partial charge on any atom is 0.321 e. The van der Waals surface area contributed by atoms with Gasteiger partial charge in [0.2, 0.25) is 5.91 Å². The summed E-state index contributed by atoms with van der Waals surface area (Å²) >= 11 is 0. The summed E-state index contributed by atoms with van der Waals surface area (Å²) in [5.41, 5.74) is 1.54. The molecule has 6 nitrogen and oxygen atoms in total. The minimum Gasteiger partial charge on any atom is -0.334 e. The zero-order chi connectivity index (χ0) is 16.5. The summed E-state index contributed by atoms with van der Waals surface area (Å²) in [6.07, 6.45) is 1.53. The molecule has 1 aromatic carbocycles. The Morgan fingerprint density at radius 1 is 1.32 bits per heavy atom. The van der Waals surface area contributed by atoms with E-state index in [1.807, 2.05) is 19.1 Å². The van der Waals surface area contributed by atoms with Crippen LogP contribution in [0.3, 0.4) is 0 Å². The lowest BCUT2D eigenvalue weighted by Crippen LogP contribution is -2.48. The zero-order valence-corrected chi connectivity index (χ0v) is 12.7. The zero-order valence-electron chi connectivity index (χ0n) is 12.7. The van der Waals surface area contributed by atoms with Gasteiger partial charge in [-0.1, -0.05) is 18.2 Å². The lowest BCUT2D eigenvalue weighted by Gasteiger charge is -2.19. The highest BCUT2D eigenvalue weighted by Crippen LogP contribution is 2.13. The van der Waals surface area contributed by atoms with Gasteiger partial charge < -0.3 is 5.32 Å². The van der Waals surface area contributed by atoms with Crippen molar-refractivity contribution >= 4 is 11.9 Å². The molecule has 1 rings (SSSR count). The minimum atomic E-state index is -0.551. The van der Waals surface area contributed by atoms with Crippen LogP contribution in [0, 0.1) is 11.3 Å². The van der Waals surface area contributed by atoms with E-state index in [1.54, 1.807) is 19.1 Å². The SMILES string of the molecule is C=CCNC(=O)NC(=O)[C@@H](C)N[C@H](C)c1ccc(C#N)cc1. The van der Waals surface area contributed by atoms with Crippen molar-refractivity contribution in [1.29, 1.82) is 5.26 Å². The summed E-state index contributed by atoms with van der Waals surface area (Å²) in [4.78, 5) is 23.3. The van der Waals surface area contributed by atoms with Crippen LogP contribution in [0.25, 0.3) is 0 Å². The van der Waals surface area contributed by atoms with Crippen LogP contribution in [0.5, 0.6) is 0 Å². The molecule has 0 unspecified atom stereocenters. The Bertz CT molecular complexity index is 575. The molecule has 1 aromatic rings. The van der Waals surface area contributed by atoms with Gasteiger partial charge in [-0.05, 0) is 31.5 Å². The van der Waals surface area contributed by atoms with Crippen LogP contribution < -0.4 is 16.0 Å². The van der Waals surface area contributed by atoms with Gasteiger partial charge in [-0.3, -0.25) is 15.4 Å². The Kier molecular flexibility index (Phi) is 6.80. The number of hydrogen-bond donors (Lipinski definition) is 3. The van der Waals surface area contributed by atoms with Crippen molar-refractivity contribution in [3.63, 3.8) is 0 Å². The molecule has 0 radical (unpaired) electrons. The van der Waals surface area contributed by atoms with E-state index in [1.165, 1.54) is 6.08 Å². The van der Waals surface area contributed by atoms with E-state index in [9.17, 15) is 9.59 Å². The summed E-state index contributed by atoms with van der Waals surface area (Å²) in [6.45, 7) is 7.35. The third-order valence-corrected chi connectivity index (χ3v) is 3.08. The highest BCUT2D eigenvalue weighted by Gasteiger charge is 2.18. The number of hydrogen-bond acceptors (Lipinski definition) is 4. The standard InChI is InChI=1S/C16H20N4O2/c1-4-9-18-16(22)20-15(21)12(3)19-11(2)14-7-5-13(10-17)6-8-14/h4-8,11-12,19H,1,9H2,2-3H3,(H2,18,20,21,22)/t11-,12-/m1/s1. The largest absolute Gasteiger partial charge is 0.334 e. The second kappa shape index (κ2) is 8.60. The van der Waals surface area contributed by atoms with E-state index in [4.69, 9.17) is 5.26 Å². The number of rotatable bonds is 6. The van der Waals surface area contributed by atoms with Gasteiger partial charge in [-0.25, -0.2) is 4.79 Å². The first kappa shape index (κ1) is 17.4. The molecule has 6 heteroatoms. The van der Waals surface area contributed by atoms with Crippen LogP contribution in [0.1, 0.15) is 31.0 Å². The van der Waals surface area contributed by atoms with E-state index in [0.717, 1.165) is 5.56 Å². The number of nitrogens with one attached hydrogen (secondary N) is 3. The molecule has 3 N–H and O–H groups in total. The smallest absolute Gasteiger partial charge is 0.321 e. The van der Waals surface area contributed by atoms with Crippen LogP contribution in [0.4, 0.5) is 4.79 Å². The van der Waals surface area contributed by atoms with Crippen molar-refractivity contribution in [2.24, 2.45) is 0 Å². The van der Waals surface area contributed by atoms with Gasteiger partial charge in [-0.15, -0.1) is 6.58 Å². The predicted octanol–water partition coefficient (Wildman–Crippen LogP) is 1.61. The lowest BCUT2D eigenvalue weighted by atomic mass is 10.1.